The Labute approximate surface area is 166 Å². The first-order valence-corrected chi connectivity index (χ1v) is 10.5. The van der Waals surface area contributed by atoms with Crippen LogP contribution < -0.4 is 5.73 Å². The van der Waals surface area contributed by atoms with E-state index in [9.17, 15) is 14.7 Å². The molecule has 3 aliphatic heterocycles. The van der Waals surface area contributed by atoms with Gasteiger partial charge < -0.3 is 20.6 Å². The lowest BCUT2D eigenvalue weighted by atomic mass is 9.70. The van der Waals surface area contributed by atoms with Gasteiger partial charge in [-0.1, -0.05) is 30.3 Å². The standard InChI is InChI=1S/C22H31N3O3/c1-14(26)21(23)22(28)24-12-16-11-17(13-24)19(10-15-6-3-2-4-7-15)25-18(16)8-5-9-20(25)27/h2-4,6-7,14,16-19,21,26H,5,8-13,23H2,1H3/t14-,16-,17+,18+,19+,21+/m1/s1. The van der Waals surface area contributed by atoms with Gasteiger partial charge in [0.05, 0.1) is 6.10 Å². The Morgan fingerprint density at radius 1 is 1.25 bits per heavy atom. The van der Waals surface area contributed by atoms with E-state index in [1.807, 2.05) is 23.1 Å². The van der Waals surface area contributed by atoms with Gasteiger partial charge in [0, 0.05) is 31.6 Å². The first kappa shape index (κ1) is 19.4. The van der Waals surface area contributed by atoms with E-state index in [-0.39, 0.29) is 29.8 Å². The van der Waals surface area contributed by atoms with Crippen molar-refractivity contribution in [1.29, 1.82) is 0 Å². The normalized spacial score (nSPS) is 31.9. The zero-order valence-corrected chi connectivity index (χ0v) is 16.5. The number of piperidine rings is 3. The second kappa shape index (κ2) is 7.84. The molecular weight excluding hydrogens is 354 g/mol. The van der Waals surface area contributed by atoms with E-state index < -0.39 is 12.1 Å². The van der Waals surface area contributed by atoms with E-state index in [0.717, 1.165) is 25.7 Å². The fraction of sp³-hybridized carbons (Fsp3) is 0.636. The summed E-state index contributed by atoms with van der Waals surface area (Å²) >= 11 is 0. The van der Waals surface area contributed by atoms with Crippen LogP contribution in [0.15, 0.2) is 30.3 Å². The first-order chi connectivity index (χ1) is 13.5. The van der Waals surface area contributed by atoms with Crippen LogP contribution in [0.1, 0.15) is 38.2 Å². The van der Waals surface area contributed by atoms with Gasteiger partial charge in [0.25, 0.3) is 0 Å². The zero-order chi connectivity index (χ0) is 19.8. The lowest BCUT2D eigenvalue weighted by molar-refractivity contribution is -0.157. The minimum absolute atomic E-state index is 0.120. The van der Waals surface area contributed by atoms with Crippen molar-refractivity contribution in [3.63, 3.8) is 0 Å². The summed E-state index contributed by atoms with van der Waals surface area (Å²) in [5.41, 5.74) is 7.18. The summed E-state index contributed by atoms with van der Waals surface area (Å²) in [6.45, 7) is 2.82. The summed E-state index contributed by atoms with van der Waals surface area (Å²) < 4.78 is 0. The molecule has 0 saturated carbocycles. The Kier molecular flexibility index (Phi) is 5.43. The summed E-state index contributed by atoms with van der Waals surface area (Å²) in [4.78, 5) is 29.7. The van der Waals surface area contributed by atoms with E-state index in [4.69, 9.17) is 5.73 Å². The van der Waals surface area contributed by atoms with Gasteiger partial charge in [-0.05, 0) is 50.0 Å². The Morgan fingerprint density at radius 3 is 2.68 bits per heavy atom. The van der Waals surface area contributed by atoms with Crippen LogP contribution in [0.4, 0.5) is 0 Å². The predicted molar refractivity (Wildman–Crippen MR) is 106 cm³/mol. The molecule has 3 saturated heterocycles. The molecule has 4 rings (SSSR count). The van der Waals surface area contributed by atoms with Gasteiger partial charge in [-0.3, -0.25) is 9.59 Å². The van der Waals surface area contributed by atoms with Gasteiger partial charge in [0.15, 0.2) is 0 Å². The van der Waals surface area contributed by atoms with Crippen LogP contribution in [0.2, 0.25) is 0 Å². The van der Waals surface area contributed by atoms with Crippen molar-refractivity contribution in [2.75, 3.05) is 13.1 Å². The highest BCUT2D eigenvalue weighted by Crippen LogP contribution is 2.42. The third-order valence-corrected chi connectivity index (χ3v) is 6.90. The molecule has 3 aliphatic rings. The van der Waals surface area contributed by atoms with E-state index in [1.54, 1.807) is 6.92 Å². The van der Waals surface area contributed by atoms with Gasteiger partial charge in [0.1, 0.15) is 6.04 Å². The molecule has 3 heterocycles. The van der Waals surface area contributed by atoms with E-state index in [1.165, 1.54) is 5.56 Å². The van der Waals surface area contributed by atoms with Crippen LogP contribution in [-0.2, 0) is 16.0 Å². The Bertz CT molecular complexity index is 723. The maximum absolute atomic E-state index is 12.9. The van der Waals surface area contributed by atoms with E-state index in [2.05, 4.69) is 17.0 Å². The Hall–Kier alpha value is -1.92. The fourth-order valence-corrected chi connectivity index (χ4v) is 5.49. The first-order valence-electron chi connectivity index (χ1n) is 10.5. The molecule has 6 atom stereocenters. The van der Waals surface area contributed by atoms with Crippen LogP contribution in [0.25, 0.3) is 0 Å². The highest BCUT2D eigenvalue weighted by Gasteiger charge is 2.50. The summed E-state index contributed by atoms with van der Waals surface area (Å²) in [7, 11) is 0. The number of rotatable bonds is 4. The molecule has 0 spiro atoms. The zero-order valence-electron chi connectivity index (χ0n) is 16.5. The van der Waals surface area contributed by atoms with Gasteiger partial charge >= 0.3 is 0 Å². The monoisotopic (exact) mass is 385 g/mol. The van der Waals surface area contributed by atoms with Gasteiger partial charge in [0.2, 0.25) is 11.8 Å². The smallest absolute Gasteiger partial charge is 0.242 e. The molecule has 0 radical (unpaired) electrons. The molecule has 1 aromatic carbocycles. The summed E-state index contributed by atoms with van der Waals surface area (Å²) in [5.74, 6) is 0.661. The Morgan fingerprint density at radius 2 is 1.96 bits per heavy atom. The molecule has 0 aromatic heterocycles. The fourth-order valence-electron chi connectivity index (χ4n) is 5.49. The number of amides is 2. The van der Waals surface area contributed by atoms with Gasteiger partial charge in [-0.25, -0.2) is 0 Å². The SMILES string of the molecule is C[C@@H](O)[C@H](N)C(=O)N1C[C@H]2C[C@@H](C1)[C@H](Cc1ccccc1)N1C(=O)CCC[C@@H]21. The lowest BCUT2D eigenvalue weighted by Gasteiger charge is -2.57. The average Bonchev–Trinajstić information content (AvgIpc) is 2.70. The third-order valence-electron chi connectivity index (χ3n) is 6.90. The molecule has 3 N–H and O–H groups in total. The van der Waals surface area contributed by atoms with Crippen LogP contribution in [0.5, 0.6) is 0 Å². The number of benzene rings is 1. The number of carbonyl (C=O) groups excluding carboxylic acids is 2. The number of fused-ring (bicyclic) bond motifs is 4. The van der Waals surface area contributed by atoms with Crippen LogP contribution >= 0.6 is 0 Å². The third kappa shape index (κ3) is 3.55. The molecule has 1 aromatic rings. The molecule has 6 nitrogen and oxygen atoms in total. The van der Waals surface area contributed by atoms with Crippen LogP contribution in [0, 0.1) is 11.8 Å². The second-order valence-electron chi connectivity index (χ2n) is 8.78. The Balaban J connectivity index is 1.61. The molecular formula is C22H31N3O3. The predicted octanol–water partition coefficient (Wildman–Crippen LogP) is 1.17. The van der Waals surface area contributed by atoms with Crippen molar-refractivity contribution >= 4 is 11.8 Å². The maximum Gasteiger partial charge on any atom is 0.242 e. The quantitative estimate of drug-likeness (QED) is 0.814. The number of nitrogens with two attached hydrogens (primary N) is 1. The molecule has 6 heteroatoms. The van der Waals surface area contributed by atoms with Crippen LogP contribution in [-0.4, -0.2) is 64.0 Å². The number of aliphatic hydroxyl groups is 1. The number of hydrogen-bond donors (Lipinski definition) is 2. The maximum atomic E-state index is 12.9. The molecule has 3 fully saturated rings. The molecule has 152 valence electrons. The topological polar surface area (TPSA) is 86.9 Å². The highest BCUT2D eigenvalue weighted by molar-refractivity contribution is 5.82. The van der Waals surface area contributed by atoms with Crippen molar-refractivity contribution < 1.29 is 14.7 Å². The molecule has 28 heavy (non-hydrogen) atoms. The molecule has 0 unspecified atom stereocenters. The average molecular weight is 386 g/mol. The van der Waals surface area contributed by atoms with Gasteiger partial charge in [-0.15, -0.1) is 0 Å². The van der Waals surface area contributed by atoms with E-state index >= 15 is 0 Å². The van der Waals surface area contributed by atoms with Crippen molar-refractivity contribution in [3.8, 4) is 0 Å². The molecule has 0 aliphatic carbocycles. The number of likely N-dealkylation sites (tertiary alicyclic amines) is 1. The largest absolute Gasteiger partial charge is 0.391 e. The lowest BCUT2D eigenvalue weighted by Crippen LogP contribution is -2.67. The second-order valence-corrected chi connectivity index (χ2v) is 8.78. The van der Waals surface area contributed by atoms with E-state index in [0.29, 0.717) is 25.4 Å². The number of aliphatic hydroxyl groups excluding tert-OH is 1. The number of nitrogens with zero attached hydrogens (tertiary/aromatic N) is 2. The van der Waals surface area contributed by atoms with Crippen molar-refractivity contribution in [3.05, 3.63) is 35.9 Å². The summed E-state index contributed by atoms with van der Waals surface area (Å²) in [5, 5.41) is 9.77. The van der Waals surface area contributed by atoms with Gasteiger partial charge in [-0.2, -0.15) is 0 Å². The highest BCUT2D eigenvalue weighted by atomic mass is 16.3. The van der Waals surface area contributed by atoms with Crippen LogP contribution in [0.3, 0.4) is 0 Å². The summed E-state index contributed by atoms with van der Waals surface area (Å²) in [6.07, 6.45) is 3.60. The van der Waals surface area contributed by atoms with Crippen molar-refractivity contribution in [1.82, 2.24) is 9.80 Å². The number of hydrogen-bond acceptors (Lipinski definition) is 4. The number of carbonyl (C=O) groups is 2. The minimum atomic E-state index is -0.879. The molecule has 2 amide bonds. The molecule has 2 bridgehead atoms. The van der Waals surface area contributed by atoms with Crippen molar-refractivity contribution in [2.45, 2.75) is 63.3 Å². The summed E-state index contributed by atoms with van der Waals surface area (Å²) in [6, 6.07) is 9.77. The minimum Gasteiger partial charge on any atom is -0.391 e. The van der Waals surface area contributed by atoms with Crippen molar-refractivity contribution in [2.24, 2.45) is 17.6 Å².